The van der Waals surface area contributed by atoms with Crippen molar-refractivity contribution in [3.05, 3.63) is 272 Å². The van der Waals surface area contributed by atoms with E-state index in [1.165, 1.54) is 34.9 Å². The molecule has 1 unspecified atom stereocenters. The topological polar surface area (TPSA) is 281 Å². The molecule has 0 amide bonds. The molecule has 0 bridgehead atoms. The quantitative estimate of drug-likeness (QED) is 0.0293. The summed E-state index contributed by atoms with van der Waals surface area (Å²) < 4.78 is 45.1. The van der Waals surface area contributed by atoms with Crippen molar-refractivity contribution in [1.82, 2.24) is 38.7 Å². The van der Waals surface area contributed by atoms with E-state index in [0.29, 0.717) is 80.2 Å². The van der Waals surface area contributed by atoms with Gasteiger partial charge in [0, 0.05) is 87.3 Å². The predicted octanol–water partition coefficient (Wildman–Crippen LogP) is 19.0. The largest absolute Gasteiger partial charge is 0.497 e. The number of carboxylic acid groups (broad SMARTS) is 1. The molecular formula is C100H102N8O15. The Morgan fingerprint density at radius 2 is 0.756 bits per heavy atom. The van der Waals surface area contributed by atoms with Gasteiger partial charge in [0.05, 0.1) is 123 Å². The number of carboxylic acids is 1. The van der Waals surface area contributed by atoms with Gasteiger partial charge in [-0.3, -0.25) is 19.8 Å². The zero-order chi connectivity index (χ0) is 87.3. The number of aromatic carboxylic acids is 1. The second-order valence-electron chi connectivity index (χ2n) is 34.5. The van der Waals surface area contributed by atoms with Crippen molar-refractivity contribution in [1.29, 1.82) is 0 Å². The van der Waals surface area contributed by atoms with E-state index in [4.69, 9.17) is 33.2 Å². The fourth-order valence-corrected chi connectivity index (χ4v) is 18.7. The summed E-state index contributed by atoms with van der Waals surface area (Å²) in [4.78, 5) is 86.7. The number of ketones is 2. The van der Waals surface area contributed by atoms with Gasteiger partial charge in [-0.25, -0.2) is 19.2 Å². The third-order valence-corrected chi connectivity index (χ3v) is 24.5. The molecule has 4 aliphatic rings. The van der Waals surface area contributed by atoms with E-state index in [2.05, 4.69) is 99.9 Å². The van der Waals surface area contributed by atoms with Gasteiger partial charge in [-0.05, 0) is 227 Å². The first kappa shape index (κ1) is 84.4. The minimum atomic E-state index is -0.913. The SMILES string of the molecule is CCOC(=O)c1ccc2c(c1)c1c(n2Cc2ccc(OC)cc2)-c2[nH]ncc2CC1(C)C.CCOC(=O)c1ccc2c(c1)c1c(n2Cc2ccc(OC)cc2)C(=O)C(C=O)CC1(C)C.COC(=O)c1ccc2c(c1)c1c(n2Cc2ccc(OC)cc2)C(=O)CCC1(C)C.COc1ccc(Cn2c3c(c4cc(C(=O)O)ccc42)C(C)(C)Cc2cn[nH]c2-3)cc1. The predicted molar refractivity (Wildman–Crippen MR) is 473 cm³/mol. The summed E-state index contributed by atoms with van der Waals surface area (Å²) in [6.07, 6.45) is 8.09. The number of carbonyl (C=O) groups excluding carboxylic acids is 6. The highest BCUT2D eigenvalue weighted by molar-refractivity contribution is 6.12. The van der Waals surface area contributed by atoms with Crippen LogP contribution < -0.4 is 18.9 Å². The summed E-state index contributed by atoms with van der Waals surface area (Å²) in [7, 11) is 7.97. The molecule has 23 nitrogen and oxygen atoms in total. The summed E-state index contributed by atoms with van der Waals surface area (Å²) >= 11 is 0. The van der Waals surface area contributed by atoms with Crippen LogP contribution in [0.5, 0.6) is 23.0 Å². The van der Waals surface area contributed by atoms with Crippen LogP contribution in [0.25, 0.3) is 66.4 Å². The Kier molecular flexibility index (Phi) is 23.2. The molecule has 1 atom stereocenters. The Labute approximate surface area is 713 Å². The third kappa shape index (κ3) is 16.0. The number of fused-ring (bicyclic) bond motifs is 16. The molecule has 0 spiro atoms. The van der Waals surface area contributed by atoms with Crippen LogP contribution >= 0.6 is 0 Å². The van der Waals surface area contributed by atoms with E-state index in [9.17, 15) is 38.7 Å². The number of esters is 3. The number of nitrogens with one attached hydrogen (secondary N) is 2. The lowest BCUT2D eigenvalue weighted by Crippen LogP contribution is -2.36. The molecular weight excluding hydrogens is 1550 g/mol. The fraction of sp³-hybridized carbons (Fsp3) is 0.310. The molecule has 23 heteroatoms. The number of rotatable bonds is 19. The number of aromatic amines is 2. The molecule has 4 aliphatic carbocycles. The highest BCUT2D eigenvalue weighted by Gasteiger charge is 2.45. The van der Waals surface area contributed by atoms with Crippen molar-refractivity contribution in [2.45, 2.75) is 149 Å². The van der Waals surface area contributed by atoms with Gasteiger partial charge in [-0.1, -0.05) is 104 Å². The molecule has 123 heavy (non-hydrogen) atoms. The van der Waals surface area contributed by atoms with Crippen molar-refractivity contribution < 1.29 is 71.8 Å². The Hall–Kier alpha value is -13.6. The first-order valence-electron chi connectivity index (χ1n) is 41.4. The summed E-state index contributed by atoms with van der Waals surface area (Å²) in [5, 5.41) is 28.5. The zero-order valence-corrected chi connectivity index (χ0v) is 72.1. The third-order valence-electron chi connectivity index (χ3n) is 24.5. The summed E-state index contributed by atoms with van der Waals surface area (Å²) in [6, 6.07) is 54.0. The van der Waals surface area contributed by atoms with E-state index in [0.717, 1.165) is 148 Å². The fourth-order valence-electron chi connectivity index (χ4n) is 18.7. The lowest BCUT2D eigenvalue weighted by molar-refractivity contribution is -0.110. The molecule has 3 N–H and O–H groups in total. The van der Waals surface area contributed by atoms with Crippen LogP contribution in [0.4, 0.5) is 0 Å². The second-order valence-corrected chi connectivity index (χ2v) is 34.5. The second kappa shape index (κ2) is 33.8. The number of hydrogen-bond acceptors (Lipinski definition) is 16. The van der Waals surface area contributed by atoms with Crippen molar-refractivity contribution in [2.24, 2.45) is 5.92 Å². The van der Waals surface area contributed by atoms with E-state index >= 15 is 0 Å². The number of methoxy groups -OCH3 is 5. The van der Waals surface area contributed by atoms with Crippen LogP contribution in [0.1, 0.15) is 207 Å². The molecule has 8 aromatic carbocycles. The van der Waals surface area contributed by atoms with Gasteiger partial charge in [-0.15, -0.1) is 0 Å². The molecule has 0 saturated heterocycles. The summed E-state index contributed by atoms with van der Waals surface area (Å²) in [6.45, 7) is 24.0. The Bertz CT molecular complexity index is 6460. The maximum absolute atomic E-state index is 13.4. The highest BCUT2D eigenvalue weighted by atomic mass is 16.5. The first-order valence-corrected chi connectivity index (χ1v) is 41.4. The molecule has 14 aromatic rings. The van der Waals surface area contributed by atoms with Gasteiger partial charge in [-0.2, -0.15) is 10.2 Å². The lowest BCUT2D eigenvalue weighted by Gasteiger charge is -2.33. The Morgan fingerprint density at radius 1 is 0.431 bits per heavy atom. The van der Waals surface area contributed by atoms with E-state index in [-0.39, 0.29) is 39.8 Å². The number of ether oxygens (including phenoxy) is 7. The normalized spacial score (nSPS) is 15.2. The van der Waals surface area contributed by atoms with Crippen molar-refractivity contribution >= 4 is 85.3 Å². The smallest absolute Gasteiger partial charge is 0.338 e. The van der Waals surface area contributed by atoms with Crippen molar-refractivity contribution in [3.63, 3.8) is 0 Å². The number of aldehydes is 1. The van der Waals surface area contributed by atoms with Crippen LogP contribution in [0.2, 0.25) is 0 Å². The highest BCUT2D eigenvalue weighted by Crippen LogP contribution is 2.52. The number of aromatic nitrogens is 8. The number of carbonyl (C=O) groups is 7. The number of hydrogen-bond donors (Lipinski definition) is 3. The summed E-state index contributed by atoms with van der Waals surface area (Å²) in [5.41, 5.74) is 21.7. The number of nitrogens with zero attached hydrogens (tertiary/aromatic N) is 6. The Morgan fingerprint density at radius 3 is 1.10 bits per heavy atom. The standard InChI is InChI=1S/C26H27N3O3.C26H27NO5.C24H23N3O3.C24H25NO4/c1-5-32-25(30)17-8-11-21-20(12-17)22-24(23-18(14-27-28-23)13-26(22,2)3)29(21)15-16-6-9-19(31-4)10-7-16;1-5-32-25(30)17-8-11-21-20(12-17)22-23(24(29)18(15-28)13-26(22,2)3)27(21)14-16-6-9-19(31-4)10-7-16;1-24(2)11-16-12-25-26-21(16)22-20(24)18-10-15(23(28)29)6-9-19(18)27(22)13-14-4-7-17(30-3)8-5-14;1-24(2)12-11-20(26)22-21(24)18-13-16(23(27)29-4)7-10-19(18)25(22)14-15-5-8-17(28-3)9-6-15/h6-12,14H,5,13,15H2,1-4H3,(H,27,28);6-12,15,18H,5,13-14H2,1-4H3;4-10,12H,11,13H2,1-3H3,(H,25,26)(H,28,29);5-10,13H,11-12,14H2,1-4H3. The minimum absolute atomic E-state index is 0.108. The van der Waals surface area contributed by atoms with Gasteiger partial charge in [0.25, 0.3) is 0 Å². The lowest BCUT2D eigenvalue weighted by atomic mass is 9.69. The molecule has 6 aromatic heterocycles. The van der Waals surface area contributed by atoms with Crippen LogP contribution in [-0.2, 0) is 79.7 Å². The van der Waals surface area contributed by atoms with Crippen LogP contribution in [-0.4, -0.2) is 134 Å². The van der Waals surface area contributed by atoms with Gasteiger partial charge in [0.15, 0.2) is 11.6 Å². The molecule has 0 radical (unpaired) electrons. The van der Waals surface area contributed by atoms with Crippen LogP contribution in [0.15, 0.2) is 182 Å². The zero-order valence-electron chi connectivity index (χ0n) is 72.1. The number of H-pyrrole nitrogens is 2. The molecule has 18 rings (SSSR count). The Balaban J connectivity index is 0.000000127. The summed E-state index contributed by atoms with van der Waals surface area (Å²) in [5.74, 6) is 0.553. The first-order chi connectivity index (χ1) is 59.0. The monoisotopic (exact) mass is 1650 g/mol. The van der Waals surface area contributed by atoms with Crippen LogP contribution in [0.3, 0.4) is 0 Å². The van der Waals surface area contributed by atoms with Crippen molar-refractivity contribution in [3.8, 4) is 45.8 Å². The van der Waals surface area contributed by atoms with E-state index in [1.807, 2.05) is 165 Å². The minimum Gasteiger partial charge on any atom is -0.497 e. The van der Waals surface area contributed by atoms with Gasteiger partial charge >= 0.3 is 23.9 Å². The molecule has 0 fully saturated rings. The number of Topliss-reactive ketones (excluding diaryl/α,β-unsaturated/α-hetero) is 2. The number of benzene rings is 8. The molecule has 0 aliphatic heterocycles. The molecule has 6 heterocycles. The van der Waals surface area contributed by atoms with Gasteiger partial charge in [0.2, 0.25) is 0 Å². The van der Waals surface area contributed by atoms with E-state index < -0.39 is 23.3 Å². The van der Waals surface area contributed by atoms with Crippen molar-refractivity contribution in [2.75, 3.05) is 48.8 Å². The maximum atomic E-state index is 13.4. The maximum Gasteiger partial charge on any atom is 0.338 e. The average Bonchev–Trinajstić information content (AvgIpc) is 1.57. The average molecular weight is 1660 g/mol. The van der Waals surface area contributed by atoms with Gasteiger partial charge in [0.1, 0.15) is 29.3 Å². The van der Waals surface area contributed by atoms with Crippen LogP contribution in [0, 0.1) is 5.92 Å². The molecule has 0 saturated carbocycles. The van der Waals surface area contributed by atoms with Gasteiger partial charge < -0.3 is 61.3 Å². The van der Waals surface area contributed by atoms with E-state index in [1.54, 1.807) is 53.6 Å². The molecule has 632 valence electrons.